The number of carbonyl (C=O) groups is 6. The van der Waals surface area contributed by atoms with Crippen LogP contribution in [0.15, 0.2) is 63.1 Å². The number of rotatable bonds is 11. The van der Waals surface area contributed by atoms with Crippen LogP contribution in [-0.4, -0.2) is 91.3 Å². The van der Waals surface area contributed by atoms with Crippen LogP contribution in [0.25, 0.3) is 11.0 Å². The third-order valence-corrected chi connectivity index (χ3v) is 8.56. The molecule has 250 valence electrons. The highest BCUT2D eigenvalue weighted by atomic mass is 32.2. The van der Waals surface area contributed by atoms with Crippen molar-refractivity contribution in [2.75, 3.05) is 19.0 Å². The minimum Gasteiger partial charge on any atom is -0.504 e. The molecule has 0 aliphatic carbocycles. The van der Waals surface area contributed by atoms with Crippen LogP contribution in [0, 0.1) is 0 Å². The van der Waals surface area contributed by atoms with Crippen molar-refractivity contribution in [3.05, 3.63) is 75.3 Å². The van der Waals surface area contributed by atoms with E-state index in [1.54, 1.807) is 0 Å². The Kier molecular flexibility index (Phi) is 9.28. The number of nitrogens with one attached hydrogen (secondary N) is 2. The van der Waals surface area contributed by atoms with Crippen molar-refractivity contribution in [3.63, 3.8) is 0 Å². The van der Waals surface area contributed by atoms with E-state index >= 15 is 0 Å². The highest BCUT2D eigenvalue weighted by Crippen LogP contribution is 2.40. The van der Waals surface area contributed by atoms with Gasteiger partial charge in [0.1, 0.15) is 52.9 Å². The molecule has 2 aromatic carbocycles. The lowest BCUT2D eigenvalue weighted by molar-refractivity contribution is -0.151. The Morgan fingerprint density at radius 2 is 1.75 bits per heavy atom. The van der Waals surface area contributed by atoms with Crippen LogP contribution < -0.4 is 20.8 Å². The number of carboxylic acid groups (broad SMARTS) is 2. The molecule has 17 nitrogen and oxygen atoms in total. The maximum Gasteiger partial charge on any atom is 0.352 e. The lowest BCUT2D eigenvalue weighted by Gasteiger charge is -2.49. The number of thioether (sulfide) groups is 1. The number of esters is 1. The van der Waals surface area contributed by atoms with Crippen LogP contribution in [0.5, 0.6) is 17.2 Å². The second kappa shape index (κ2) is 13.4. The van der Waals surface area contributed by atoms with Gasteiger partial charge in [0, 0.05) is 24.3 Å². The van der Waals surface area contributed by atoms with Gasteiger partial charge in [0.25, 0.3) is 11.8 Å². The second-order valence-electron chi connectivity index (χ2n) is 10.4. The zero-order valence-corrected chi connectivity index (χ0v) is 25.4. The molecule has 1 saturated heterocycles. The van der Waals surface area contributed by atoms with Gasteiger partial charge in [0.2, 0.25) is 11.3 Å². The summed E-state index contributed by atoms with van der Waals surface area (Å²) in [7, 11) is 0. The molecule has 18 heteroatoms. The Morgan fingerprint density at radius 3 is 2.40 bits per heavy atom. The standard InChI is InChI=1S/C30H25N3O14S/c1-12(34)45-8-14-11-48-29-23(28(42)33(29)24(14)30(43)44)32-27(41)22(13-2-4-15(5-3-13)46-10-21(37)38)31-26(40)17-9-47-20-7-19(36)18(35)6-16(20)25(17)39/h2-7,9,22-23,29,35-36H,8,10-11H2,1H3,(H,31,40)(H,32,41)(H,37,38)(H,43,44)/t22?,23-,29-/m0/s1. The van der Waals surface area contributed by atoms with E-state index in [2.05, 4.69) is 10.6 Å². The van der Waals surface area contributed by atoms with Crippen LogP contribution in [0.1, 0.15) is 28.9 Å². The number of β-lactam (4-membered cyclic amide) rings is 1. The monoisotopic (exact) mass is 683 g/mol. The first-order valence-electron chi connectivity index (χ1n) is 13.8. The number of aromatic hydroxyl groups is 2. The maximum atomic E-state index is 13.7. The van der Waals surface area contributed by atoms with Gasteiger partial charge in [0.05, 0.1) is 5.39 Å². The Bertz CT molecular complexity index is 1950. The van der Waals surface area contributed by atoms with E-state index in [9.17, 15) is 48.9 Å². The molecule has 1 aromatic heterocycles. The average molecular weight is 684 g/mol. The van der Waals surface area contributed by atoms with E-state index in [0.29, 0.717) is 0 Å². The topological polar surface area (TPSA) is 259 Å². The quantitative estimate of drug-likeness (QED) is 0.0910. The Labute approximate surface area is 272 Å². The number of phenols is 2. The molecule has 5 rings (SSSR count). The molecule has 1 fully saturated rings. The number of amides is 3. The number of hydrogen-bond acceptors (Lipinski definition) is 13. The third-order valence-electron chi connectivity index (χ3n) is 7.22. The number of carbonyl (C=O) groups excluding carboxylic acids is 4. The summed E-state index contributed by atoms with van der Waals surface area (Å²) in [4.78, 5) is 88.5. The molecule has 0 spiro atoms. The van der Waals surface area contributed by atoms with E-state index in [0.717, 1.165) is 42.0 Å². The predicted molar refractivity (Wildman–Crippen MR) is 162 cm³/mol. The molecule has 2 aliphatic rings. The fourth-order valence-electron chi connectivity index (χ4n) is 4.94. The molecular weight excluding hydrogens is 658 g/mol. The van der Waals surface area contributed by atoms with Gasteiger partial charge in [-0.25, -0.2) is 9.59 Å². The van der Waals surface area contributed by atoms with Gasteiger partial charge < -0.3 is 45.0 Å². The molecular formula is C30H25N3O14S. The zero-order chi connectivity index (χ0) is 34.9. The fraction of sp³-hybridized carbons (Fsp3) is 0.233. The number of benzene rings is 2. The highest BCUT2D eigenvalue weighted by molar-refractivity contribution is 8.00. The van der Waals surface area contributed by atoms with Gasteiger partial charge >= 0.3 is 17.9 Å². The molecule has 3 atom stereocenters. The third kappa shape index (κ3) is 6.59. The van der Waals surface area contributed by atoms with E-state index < -0.39 is 82.2 Å². The normalized spacial score (nSPS) is 17.5. The molecule has 0 radical (unpaired) electrons. The van der Waals surface area contributed by atoms with Gasteiger partial charge in [-0.15, -0.1) is 11.8 Å². The summed E-state index contributed by atoms with van der Waals surface area (Å²) in [6.07, 6.45) is 0.799. The van der Waals surface area contributed by atoms with E-state index in [4.69, 9.17) is 19.0 Å². The summed E-state index contributed by atoms with van der Waals surface area (Å²) in [5.74, 6) is -7.15. The minimum absolute atomic E-state index is 0.0682. The van der Waals surface area contributed by atoms with E-state index in [1.807, 2.05) is 0 Å². The zero-order valence-electron chi connectivity index (χ0n) is 24.6. The average Bonchev–Trinajstić information content (AvgIpc) is 3.04. The molecule has 3 heterocycles. The highest BCUT2D eigenvalue weighted by Gasteiger charge is 2.54. The predicted octanol–water partition coefficient (Wildman–Crippen LogP) is 0.440. The SMILES string of the molecule is CC(=O)OCC1=C(C(=O)O)N2C(=O)[C@H](NC(=O)C(NC(=O)c3coc4cc(O)c(O)cc4c3=O)c3ccc(OCC(=O)O)cc3)[C@@H]2SC1. The molecule has 1 unspecified atom stereocenters. The molecule has 48 heavy (non-hydrogen) atoms. The Balaban J connectivity index is 1.42. The largest absolute Gasteiger partial charge is 0.504 e. The smallest absolute Gasteiger partial charge is 0.352 e. The summed E-state index contributed by atoms with van der Waals surface area (Å²) in [5.41, 5.74) is -1.68. The number of aliphatic carboxylic acids is 2. The van der Waals surface area contributed by atoms with Gasteiger partial charge in [0.15, 0.2) is 18.1 Å². The van der Waals surface area contributed by atoms with Crippen LogP contribution in [-0.2, 0) is 28.7 Å². The van der Waals surface area contributed by atoms with Gasteiger partial charge in [-0.1, -0.05) is 12.1 Å². The summed E-state index contributed by atoms with van der Waals surface area (Å²) in [5, 5.41) is 42.0. The summed E-state index contributed by atoms with van der Waals surface area (Å²) in [6.45, 7) is 0.149. The van der Waals surface area contributed by atoms with Crippen molar-refractivity contribution in [3.8, 4) is 17.2 Å². The number of hydrogen-bond donors (Lipinski definition) is 6. The molecule has 3 amide bonds. The Hall–Kier alpha value is -6.04. The van der Waals surface area contributed by atoms with Crippen molar-refractivity contribution >= 4 is 58.4 Å². The van der Waals surface area contributed by atoms with Crippen molar-refractivity contribution in [2.45, 2.75) is 24.4 Å². The van der Waals surface area contributed by atoms with Crippen molar-refractivity contribution in [2.24, 2.45) is 0 Å². The molecule has 3 aromatic rings. The number of ether oxygens (including phenoxy) is 2. The van der Waals surface area contributed by atoms with Crippen LogP contribution in [0.2, 0.25) is 0 Å². The summed E-state index contributed by atoms with van der Waals surface area (Å²) < 4.78 is 15.3. The van der Waals surface area contributed by atoms with Crippen molar-refractivity contribution in [1.29, 1.82) is 0 Å². The number of carboxylic acids is 2. The number of phenolic OH excluding ortho intramolecular Hbond substituents is 2. The van der Waals surface area contributed by atoms with Crippen LogP contribution >= 0.6 is 11.8 Å². The minimum atomic E-state index is -1.57. The Morgan fingerprint density at radius 1 is 1.06 bits per heavy atom. The van der Waals surface area contributed by atoms with Gasteiger partial charge in [-0.2, -0.15) is 0 Å². The maximum absolute atomic E-state index is 13.7. The van der Waals surface area contributed by atoms with Crippen molar-refractivity contribution < 1.29 is 63.1 Å². The first kappa shape index (κ1) is 33.3. The van der Waals surface area contributed by atoms with Crippen LogP contribution in [0.3, 0.4) is 0 Å². The lowest BCUT2D eigenvalue weighted by Crippen LogP contribution is -2.71. The van der Waals surface area contributed by atoms with Gasteiger partial charge in [-0.3, -0.25) is 28.9 Å². The molecule has 6 N–H and O–H groups in total. The number of nitrogens with zero attached hydrogens (tertiary/aromatic N) is 1. The fourth-order valence-corrected chi connectivity index (χ4v) is 6.27. The van der Waals surface area contributed by atoms with E-state index in [1.165, 1.54) is 24.3 Å². The van der Waals surface area contributed by atoms with Crippen LogP contribution in [0.4, 0.5) is 0 Å². The molecule has 0 saturated carbocycles. The molecule has 0 bridgehead atoms. The lowest BCUT2D eigenvalue weighted by atomic mass is 10.0. The summed E-state index contributed by atoms with van der Waals surface area (Å²) >= 11 is 1.12. The summed E-state index contributed by atoms with van der Waals surface area (Å²) in [6, 6.07) is 4.40. The van der Waals surface area contributed by atoms with Gasteiger partial charge in [-0.05, 0) is 23.8 Å². The first-order valence-corrected chi connectivity index (χ1v) is 14.9. The second-order valence-corrected chi connectivity index (χ2v) is 11.5. The molecule has 2 aliphatic heterocycles. The first-order chi connectivity index (χ1) is 22.8. The number of fused-ring (bicyclic) bond motifs is 2. The van der Waals surface area contributed by atoms with Crippen molar-refractivity contribution in [1.82, 2.24) is 15.5 Å². The van der Waals surface area contributed by atoms with E-state index in [-0.39, 0.29) is 45.9 Å².